The van der Waals surface area contributed by atoms with Crippen molar-refractivity contribution in [2.45, 2.75) is 51.6 Å². The molecule has 0 bridgehead atoms. The van der Waals surface area contributed by atoms with Crippen molar-refractivity contribution in [3.05, 3.63) is 11.7 Å². The summed E-state index contributed by atoms with van der Waals surface area (Å²) in [7, 11) is 0. The maximum atomic E-state index is 12.1. The molecule has 2 rings (SSSR count). The van der Waals surface area contributed by atoms with Crippen molar-refractivity contribution >= 4 is 12.0 Å². The van der Waals surface area contributed by atoms with Crippen molar-refractivity contribution in [2.75, 3.05) is 6.54 Å². The van der Waals surface area contributed by atoms with Crippen LogP contribution in [0.25, 0.3) is 0 Å². The number of hydrogen-bond donors (Lipinski definition) is 2. The number of amides is 2. The Kier molecular flexibility index (Phi) is 4.77. The lowest BCUT2D eigenvalue weighted by Crippen LogP contribution is -2.42. The van der Waals surface area contributed by atoms with Crippen LogP contribution in [0.1, 0.15) is 50.9 Å². The zero-order valence-electron chi connectivity index (χ0n) is 12.2. The first kappa shape index (κ1) is 15.3. The maximum Gasteiger partial charge on any atom is 0.318 e. The lowest BCUT2D eigenvalue weighted by molar-refractivity contribution is -0.137. The number of urea groups is 1. The average Bonchev–Trinajstić information content (AvgIpc) is 3.04. The van der Waals surface area contributed by atoms with Crippen LogP contribution in [0.2, 0.25) is 0 Å². The maximum absolute atomic E-state index is 12.1. The van der Waals surface area contributed by atoms with Gasteiger partial charge in [0, 0.05) is 19.0 Å². The van der Waals surface area contributed by atoms with Crippen molar-refractivity contribution in [3.8, 4) is 0 Å². The summed E-state index contributed by atoms with van der Waals surface area (Å²) in [5, 5.41) is 15.4. The fourth-order valence-corrected chi connectivity index (χ4v) is 2.33. The summed E-state index contributed by atoms with van der Waals surface area (Å²) in [4.78, 5) is 28.6. The van der Waals surface area contributed by atoms with Crippen LogP contribution in [0, 0.1) is 0 Å². The number of aryl methyl sites for hydroxylation is 1. The van der Waals surface area contributed by atoms with Gasteiger partial charge in [0.05, 0.1) is 12.5 Å². The van der Waals surface area contributed by atoms with Gasteiger partial charge in [-0.25, -0.2) is 4.79 Å². The van der Waals surface area contributed by atoms with Gasteiger partial charge in [-0.15, -0.1) is 0 Å². The third-order valence-electron chi connectivity index (χ3n) is 3.26. The standard InChI is InChI=1S/C13H20N4O4/c1-8(2)14-13(20)17-7-3-4-9(17)12-15-10(21-16-12)5-6-11(18)19/h8-9H,3-7H2,1-2H3,(H,14,20)(H,18,19). The Morgan fingerprint density at radius 1 is 1.52 bits per heavy atom. The van der Waals surface area contributed by atoms with E-state index in [-0.39, 0.29) is 31.0 Å². The third-order valence-corrected chi connectivity index (χ3v) is 3.26. The third kappa shape index (κ3) is 3.93. The zero-order chi connectivity index (χ0) is 15.4. The van der Waals surface area contributed by atoms with Gasteiger partial charge in [0.15, 0.2) is 5.82 Å². The lowest BCUT2D eigenvalue weighted by Gasteiger charge is -2.23. The molecule has 1 fully saturated rings. The van der Waals surface area contributed by atoms with E-state index in [4.69, 9.17) is 9.63 Å². The van der Waals surface area contributed by atoms with Crippen LogP contribution >= 0.6 is 0 Å². The first-order valence-corrected chi connectivity index (χ1v) is 7.08. The quantitative estimate of drug-likeness (QED) is 0.848. The molecule has 1 aliphatic heterocycles. The van der Waals surface area contributed by atoms with Gasteiger partial charge in [0.1, 0.15) is 0 Å². The molecular formula is C13H20N4O4. The van der Waals surface area contributed by atoms with E-state index >= 15 is 0 Å². The molecule has 8 nitrogen and oxygen atoms in total. The van der Waals surface area contributed by atoms with E-state index in [1.807, 2.05) is 13.8 Å². The fourth-order valence-electron chi connectivity index (χ4n) is 2.33. The molecule has 2 amide bonds. The van der Waals surface area contributed by atoms with Crippen LogP contribution in [0.15, 0.2) is 4.52 Å². The smallest absolute Gasteiger partial charge is 0.318 e. The van der Waals surface area contributed by atoms with Crippen LogP contribution in [0.3, 0.4) is 0 Å². The number of carboxylic acid groups (broad SMARTS) is 1. The molecule has 0 aromatic carbocycles. The molecule has 1 aromatic rings. The van der Waals surface area contributed by atoms with Crippen molar-refractivity contribution < 1.29 is 19.2 Å². The second-order valence-corrected chi connectivity index (χ2v) is 5.40. The van der Waals surface area contributed by atoms with Crippen molar-refractivity contribution in [3.63, 3.8) is 0 Å². The van der Waals surface area contributed by atoms with E-state index in [0.29, 0.717) is 18.3 Å². The molecule has 1 saturated heterocycles. The monoisotopic (exact) mass is 296 g/mol. The normalized spacial score (nSPS) is 18.2. The Balaban J connectivity index is 2.02. The number of carbonyl (C=O) groups excluding carboxylic acids is 1. The minimum absolute atomic E-state index is 0.0517. The van der Waals surface area contributed by atoms with Crippen LogP contribution < -0.4 is 5.32 Å². The van der Waals surface area contributed by atoms with Crippen LogP contribution in [0.4, 0.5) is 4.79 Å². The molecule has 1 aromatic heterocycles. The van der Waals surface area contributed by atoms with Gasteiger partial charge >= 0.3 is 12.0 Å². The Morgan fingerprint density at radius 2 is 2.29 bits per heavy atom. The summed E-state index contributed by atoms with van der Waals surface area (Å²) < 4.78 is 5.05. The van der Waals surface area contributed by atoms with Crippen LogP contribution in [-0.4, -0.2) is 44.7 Å². The van der Waals surface area contributed by atoms with Crippen molar-refractivity contribution in [2.24, 2.45) is 0 Å². The highest BCUT2D eigenvalue weighted by Gasteiger charge is 2.33. The second kappa shape index (κ2) is 6.55. The minimum atomic E-state index is -0.909. The van der Waals surface area contributed by atoms with Gasteiger partial charge in [0.25, 0.3) is 0 Å². The summed E-state index contributed by atoms with van der Waals surface area (Å²) in [5.41, 5.74) is 0. The van der Waals surface area contributed by atoms with Gasteiger partial charge in [0.2, 0.25) is 5.89 Å². The number of carbonyl (C=O) groups is 2. The van der Waals surface area contributed by atoms with E-state index in [2.05, 4.69) is 15.5 Å². The number of rotatable bonds is 5. The highest BCUT2D eigenvalue weighted by molar-refractivity contribution is 5.75. The van der Waals surface area contributed by atoms with Gasteiger partial charge in [-0.3, -0.25) is 4.79 Å². The van der Waals surface area contributed by atoms with Crippen molar-refractivity contribution in [1.29, 1.82) is 0 Å². The Morgan fingerprint density at radius 3 is 2.95 bits per heavy atom. The van der Waals surface area contributed by atoms with Crippen molar-refractivity contribution in [1.82, 2.24) is 20.4 Å². The summed E-state index contributed by atoms with van der Waals surface area (Å²) in [5.74, 6) is -0.163. The number of nitrogens with one attached hydrogen (secondary N) is 1. The second-order valence-electron chi connectivity index (χ2n) is 5.40. The van der Waals surface area contributed by atoms with E-state index in [1.165, 1.54) is 0 Å². The van der Waals surface area contributed by atoms with Crippen LogP contribution in [0.5, 0.6) is 0 Å². The average molecular weight is 296 g/mol. The molecule has 0 saturated carbocycles. The summed E-state index contributed by atoms with van der Waals surface area (Å²) in [6.07, 6.45) is 1.82. The fraction of sp³-hybridized carbons (Fsp3) is 0.692. The largest absolute Gasteiger partial charge is 0.481 e. The molecule has 1 unspecified atom stereocenters. The Bertz CT molecular complexity index is 514. The topological polar surface area (TPSA) is 109 Å². The summed E-state index contributed by atoms with van der Waals surface area (Å²) in [6.45, 7) is 4.46. The molecule has 116 valence electrons. The first-order valence-electron chi connectivity index (χ1n) is 7.08. The molecular weight excluding hydrogens is 276 g/mol. The molecule has 0 aliphatic carbocycles. The molecule has 1 atom stereocenters. The van der Waals surface area contributed by atoms with Gasteiger partial charge in [-0.1, -0.05) is 5.16 Å². The Labute approximate surface area is 122 Å². The number of carboxylic acids is 1. The molecule has 0 radical (unpaired) electrons. The first-order chi connectivity index (χ1) is 9.97. The number of aliphatic carboxylic acids is 1. The lowest BCUT2D eigenvalue weighted by atomic mass is 10.2. The number of nitrogens with zero attached hydrogens (tertiary/aromatic N) is 3. The van der Waals surface area contributed by atoms with Gasteiger partial charge < -0.3 is 19.8 Å². The highest BCUT2D eigenvalue weighted by Crippen LogP contribution is 2.30. The number of likely N-dealkylation sites (tertiary alicyclic amines) is 1. The molecule has 8 heteroatoms. The van der Waals surface area contributed by atoms with E-state index in [1.54, 1.807) is 4.90 Å². The highest BCUT2D eigenvalue weighted by atomic mass is 16.5. The predicted octanol–water partition coefficient (Wildman–Crippen LogP) is 1.34. The molecule has 2 N–H and O–H groups in total. The predicted molar refractivity (Wildman–Crippen MR) is 72.6 cm³/mol. The van der Waals surface area contributed by atoms with E-state index < -0.39 is 5.97 Å². The van der Waals surface area contributed by atoms with Gasteiger partial charge in [-0.2, -0.15) is 4.98 Å². The van der Waals surface area contributed by atoms with Gasteiger partial charge in [-0.05, 0) is 26.7 Å². The minimum Gasteiger partial charge on any atom is -0.481 e. The Hall–Kier alpha value is -2.12. The summed E-state index contributed by atoms with van der Waals surface area (Å²) >= 11 is 0. The molecule has 0 spiro atoms. The van der Waals surface area contributed by atoms with E-state index in [0.717, 1.165) is 12.8 Å². The molecule has 2 heterocycles. The zero-order valence-corrected chi connectivity index (χ0v) is 12.2. The molecule has 21 heavy (non-hydrogen) atoms. The van der Waals surface area contributed by atoms with Crippen LogP contribution in [-0.2, 0) is 11.2 Å². The summed E-state index contributed by atoms with van der Waals surface area (Å²) in [6, 6.07) is -0.273. The number of hydrogen-bond acceptors (Lipinski definition) is 5. The molecule has 1 aliphatic rings. The van der Waals surface area contributed by atoms with E-state index in [9.17, 15) is 9.59 Å². The SMILES string of the molecule is CC(C)NC(=O)N1CCCC1c1noc(CCC(=O)O)n1. The number of aromatic nitrogens is 2.